The first-order chi connectivity index (χ1) is 6.11. The Kier molecular flexibility index (Phi) is 8.52. The first-order valence-corrected chi connectivity index (χ1v) is 5.05. The van der Waals surface area contributed by atoms with Crippen LogP contribution in [0.25, 0.3) is 4.72 Å². The molecule has 0 saturated heterocycles. The quantitative estimate of drug-likeness (QED) is 0.801. The van der Waals surface area contributed by atoms with E-state index in [1.807, 2.05) is 0 Å². The Morgan fingerprint density at radius 3 is 2.27 bits per heavy atom. The van der Waals surface area contributed by atoms with Crippen molar-refractivity contribution in [2.75, 3.05) is 14.2 Å². The van der Waals surface area contributed by atoms with Crippen LogP contribution in [0.15, 0.2) is 29.2 Å². The summed E-state index contributed by atoms with van der Waals surface area (Å²) in [5, 5.41) is 0. The maximum absolute atomic E-state index is 11.3. The van der Waals surface area contributed by atoms with E-state index < -0.39 is 10.0 Å². The fraction of sp³-hybridized carbons (Fsp3) is 0.222. The molecule has 0 aliphatic carbocycles. The topological polar surface area (TPSA) is 57.5 Å². The van der Waals surface area contributed by atoms with Crippen LogP contribution in [0.1, 0.15) is 0 Å². The summed E-state index contributed by atoms with van der Waals surface area (Å²) in [5.41, 5.74) is 0. The van der Waals surface area contributed by atoms with Gasteiger partial charge in [-0.15, -0.1) is 0 Å². The van der Waals surface area contributed by atoms with Crippen LogP contribution in [-0.2, 0) is 42.7 Å². The van der Waals surface area contributed by atoms with Crippen molar-refractivity contribution in [3.63, 3.8) is 0 Å². The maximum Gasteiger partial charge on any atom is 0.135 e. The third-order valence-electron chi connectivity index (χ3n) is 1.59. The molecular weight excluding hydrogens is 291 g/mol. The summed E-state index contributed by atoms with van der Waals surface area (Å²) in [6.07, 6.45) is 0. The van der Waals surface area contributed by atoms with Crippen molar-refractivity contribution in [1.82, 2.24) is 0 Å². The number of methoxy groups -OCH3 is 1. The van der Waals surface area contributed by atoms with Gasteiger partial charge >= 0.3 is 0 Å². The molecule has 0 N–H and O–H groups in total. The van der Waals surface area contributed by atoms with E-state index in [-0.39, 0.29) is 45.0 Å². The molecule has 83 valence electrons. The number of sulfonamides is 1. The van der Waals surface area contributed by atoms with Gasteiger partial charge in [0.25, 0.3) is 0 Å². The van der Waals surface area contributed by atoms with Gasteiger partial charge in [0.2, 0.25) is 0 Å². The largest absolute Gasteiger partial charge is 0.547 e. The van der Waals surface area contributed by atoms with Crippen molar-refractivity contribution >= 4 is 10.0 Å². The van der Waals surface area contributed by atoms with Gasteiger partial charge in [-0.05, 0) is 12.1 Å². The van der Waals surface area contributed by atoms with Crippen molar-refractivity contribution in [2.24, 2.45) is 0 Å². The van der Waals surface area contributed by atoms with Gasteiger partial charge in [-0.3, -0.25) is 0 Å². The van der Waals surface area contributed by atoms with Crippen molar-refractivity contribution in [1.29, 1.82) is 0 Å². The van der Waals surface area contributed by atoms with E-state index >= 15 is 0 Å². The number of benzene rings is 1. The molecule has 0 spiro atoms. The number of nitrogens with zero attached hydrogens (tertiary/aromatic N) is 1. The monoisotopic (exact) mass is 304 g/mol. The zero-order valence-electron chi connectivity index (χ0n) is 8.97. The Labute approximate surface area is 116 Å². The Balaban J connectivity index is 0. The van der Waals surface area contributed by atoms with Gasteiger partial charge in [-0.25, -0.2) is 8.42 Å². The minimum Gasteiger partial charge on any atom is -0.547 e. The molecule has 4 nitrogen and oxygen atoms in total. The van der Waals surface area contributed by atoms with Gasteiger partial charge in [0.1, 0.15) is 15.8 Å². The predicted octanol–water partition coefficient (Wildman–Crippen LogP) is 1.84. The summed E-state index contributed by atoms with van der Waals surface area (Å²) in [5.74, 6) is 0.313. The smallest absolute Gasteiger partial charge is 0.135 e. The van der Waals surface area contributed by atoms with Crippen molar-refractivity contribution in [3.05, 3.63) is 36.4 Å². The van der Waals surface area contributed by atoms with Crippen molar-refractivity contribution < 1.29 is 45.9 Å². The van der Waals surface area contributed by atoms with Crippen LogP contribution in [0.5, 0.6) is 5.75 Å². The Morgan fingerprint density at radius 2 is 1.80 bits per heavy atom. The molecule has 0 heterocycles. The van der Waals surface area contributed by atoms with Gasteiger partial charge in [0.15, 0.2) is 0 Å². The van der Waals surface area contributed by atoms with Gasteiger partial charge < -0.3 is 16.9 Å². The molecule has 1 radical (unpaired) electrons. The van der Waals surface area contributed by atoms with Crippen LogP contribution in [0.3, 0.4) is 0 Å². The fourth-order valence-corrected chi connectivity index (χ4v) is 1.78. The molecule has 0 bridgehead atoms. The van der Waals surface area contributed by atoms with Crippen LogP contribution in [0.4, 0.5) is 0 Å². The molecule has 6 heteroatoms. The van der Waals surface area contributed by atoms with E-state index in [2.05, 4.69) is 4.72 Å². The van der Waals surface area contributed by atoms with Crippen LogP contribution in [0, 0.1) is 7.43 Å². The van der Waals surface area contributed by atoms with E-state index in [4.69, 9.17) is 4.74 Å². The normalized spacial score (nSPS) is 9.73. The van der Waals surface area contributed by atoms with Crippen LogP contribution >= 0.6 is 0 Å². The zero-order valence-corrected chi connectivity index (χ0v) is 12.6. The summed E-state index contributed by atoms with van der Waals surface area (Å²) >= 11 is 0. The Hall–Kier alpha value is 0.0339. The van der Waals surface area contributed by atoms with Gasteiger partial charge in [0.05, 0.1) is 12.0 Å². The zero-order chi connectivity index (χ0) is 9.90. The molecule has 0 unspecified atom stereocenters. The summed E-state index contributed by atoms with van der Waals surface area (Å²) in [7, 11) is -0.882. The summed E-state index contributed by atoms with van der Waals surface area (Å²) in [6, 6.07) is 6.37. The van der Waals surface area contributed by atoms with Crippen molar-refractivity contribution in [2.45, 2.75) is 4.90 Å². The molecule has 0 amide bonds. The van der Waals surface area contributed by atoms with Crippen LogP contribution in [-0.4, -0.2) is 22.6 Å². The predicted molar refractivity (Wildman–Crippen MR) is 55.9 cm³/mol. The number of para-hydroxylation sites is 1. The molecule has 0 saturated carbocycles. The SMILES string of the molecule is C[N-]S(=O)(=O)c1ccccc1OC.[CH3-].[Y]. The van der Waals surface area contributed by atoms with Gasteiger partial charge in [-0.1, -0.05) is 12.1 Å². The number of hydrogen-bond acceptors (Lipinski definition) is 3. The van der Waals surface area contributed by atoms with E-state index in [9.17, 15) is 8.42 Å². The first kappa shape index (κ1) is 17.4. The molecule has 0 aromatic heterocycles. The third-order valence-corrected chi connectivity index (χ3v) is 2.96. The molecule has 1 aromatic carbocycles. The van der Waals surface area contributed by atoms with Crippen molar-refractivity contribution in [3.8, 4) is 5.75 Å². The minimum absolute atomic E-state index is 0. The summed E-state index contributed by atoms with van der Waals surface area (Å²) < 4.78 is 30.9. The van der Waals surface area contributed by atoms with Crippen LogP contribution in [0.2, 0.25) is 0 Å². The molecule has 1 rings (SSSR count). The average Bonchev–Trinajstić information content (AvgIpc) is 2.18. The first-order valence-electron chi connectivity index (χ1n) is 3.61. The average molecular weight is 304 g/mol. The van der Waals surface area contributed by atoms with E-state index in [0.717, 1.165) is 0 Å². The fourth-order valence-electron chi connectivity index (χ4n) is 0.930. The molecule has 0 fully saturated rings. The van der Waals surface area contributed by atoms with E-state index in [1.54, 1.807) is 18.2 Å². The number of ether oxygens (including phenoxy) is 1. The minimum atomic E-state index is -3.54. The van der Waals surface area contributed by atoms with E-state index in [0.29, 0.717) is 5.75 Å². The Bertz CT molecular complexity index is 392. The molecule has 0 aliphatic rings. The molecule has 0 atom stereocenters. The molecule has 15 heavy (non-hydrogen) atoms. The van der Waals surface area contributed by atoms with Gasteiger partial charge in [-0.2, -0.15) is 7.05 Å². The maximum atomic E-state index is 11.3. The van der Waals surface area contributed by atoms with Gasteiger partial charge in [0, 0.05) is 32.7 Å². The van der Waals surface area contributed by atoms with Crippen LogP contribution < -0.4 is 4.74 Å². The molecule has 0 aliphatic heterocycles. The summed E-state index contributed by atoms with van der Waals surface area (Å²) in [6.45, 7) is 0. The second kappa shape index (κ2) is 7.33. The standard InChI is InChI=1S/C8H10NO3S.CH3.Y/c1-9-13(10,11)8-6-4-3-5-7(8)12-2;;/h3-6H,1-2H3;1H3;/q2*-1;. The second-order valence-corrected chi connectivity index (χ2v) is 4.06. The summed E-state index contributed by atoms with van der Waals surface area (Å²) in [4.78, 5) is 0.0972. The Morgan fingerprint density at radius 1 is 1.27 bits per heavy atom. The third kappa shape index (κ3) is 4.19. The molecular formula is C9H13NO3SY-2. The second-order valence-electron chi connectivity index (χ2n) is 2.31. The number of hydrogen-bond donors (Lipinski definition) is 0. The molecule has 1 aromatic rings. The van der Waals surface area contributed by atoms with E-state index in [1.165, 1.54) is 20.2 Å². The number of rotatable bonds is 3.